The van der Waals surface area contributed by atoms with Gasteiger partial charge in [-0.3, -0.25) is 15.0 Å². The van der Waals surface area contributed by atoms with Crippen LogP contribution in [0.5, 0.6) is 0 Å². The fourth-order valence-electron chi connectivity index (χ4n) is 2.43. The third-order valence-electron chi connectivity index (χ3n) is 3.83. The molecule has 2 amide bonds. The highest BCUT2D eigenvalue weighted by Gasteiger charge is 2.34. The molecule has 126 valence electrons. The summed E-state index contributed by atoms with van der Waals surface area (Å²) in [7, 11) is 1.30. The maximum Gasteiger partial charge on any atom is 0.337 e. The Morgan fingerprint density at radius 2 is 1.68 bits per heavy atom. The lowest BCUT2D eigenvalue weighted by Gasteiger charge is -2.14. The van der Waals surface area contributed by atoms with Crippen molar-refractivity contribution in [2.45, 2.75) is 6.92 Å². The number of carbonyl (C=O) groups is 3. The van der Waals surface area contributed by atoms with Gasteiger partial charge in [0.05, 0.1) is 18.4 Å². The second-order valence-corrected chi connectivity index (χ2v) is 5.59. The first-order valence-electron chi connectivity index (χ1n) is 7.62. The molecular formula is C19H16N2O4. The smallest absolute Gasteiger partial charge is 0.337 e. The van der Waals surface area contributed by atoms with Crippen molar-refractivity contribution in [1.29, 1.82) is 0 Å². The van der Waals surface area contributed by atoms with E-state index in [9.17, 15) is 14.4 Å². The van der Waals surface area contributed by atoms with E-state index in [1.807, 2.05) is 19.1 Å². The fraction of sp³-hybridized carbons (Fsp3) is 0.105. The van der Waals surface area contributed by atoms with Crippen LogP contribution in [-0.4, -0.2) is 24.9 Å². The van der Waals surface area contributed by atoms with E-state index in [1.165, 1.54) is 18.2 Å². The van der Waals surface area contributed by atoms with E-state index in [2.05, 4.69) is 10.2 Å². The number of rotatable bonds is 3. The summed E-state index contributed by atoms with van der Waals surface area (Å²) >= 11 is 0. The van der Waals surface area contributed by atoms with Crippen molar-refractivity contribution in [2.24, 2.45) is 0 Å². The number of aryl methyl sites for hydroxylation is 1. The highest BCUT2D eigenvalue weighted by molar-refractivity contribution is 6.31. The number of carbonyl (C=O) groups excluding carboxylic acids is 3. The highest BCUT2D eigenvalue weighted by atomic mass is 16.5. The Bertz CT molecular complexity index is 867. The monoisotopic (exact) mass is 336 g/mol. The Morgan fingerprint density at radius 3 is 2.28 bits per heavy atom. The van der Waals surface area contributed by atoms with Gasteiger partial charge in [0.1, 0.15) is 5.57 Å². The van der Waals surface area contributed by atoms with Crippen molar-refractivity contribution in [2.75, 3.05) is 12.1 Å². The molecule has 6 nitrogen and oxygen atoms in total. The maximum absolute atomic E-state index is 12.5. The molecule has 1 aliphatic heterocycles. The minimum absolute atomic E-state index is 0.0337. The lowest BCUT2D eigenvalue weighted by Crippen LogP contribution is -2.35. The van der Waals surface area contributed by atoms with Crippen LogP contribution in [-0.2, 0) is 14.3 Å². The van der Waals surface area contributed by atoms with E-state index in [0.717, 1.165) is 5.56 Å². The SMILES string of the molecule is COC(=O)c1ccc(/C=C2\C(=O)NN(c3ccc(C)cc3)C2=O)cc1. The topological polar surface area (TPSA) is 75.7 Å². The van der Waals surface area contributed by atoms with Crippen LogP contribution >= 0.6 is 0 Å². The molecule has 0 radical (unpaired) electrons. The molecule has 0 unspecified atom stereocenters. The van der Waals surface area contributed by atoms with E-state index in [4.69, 9.17) is 0 Å². The van der Waals surface area contributed by atoms with Gasteiger partial charge in [-0.2, -0.15) is 0 Å². The molecule has 0 spiro atoms. The van der Waals surface area contributed by atoms with Crippen LogP contribution in [0, 0.1) is 6.92 Å². The predicted octanol–water partition coefficient (Wildman–Crippen LogP) is 2.24. The molecule has 0 bridgehead atoms. The van der Waals surface area contributed by atoms with E-state index >= 15 is 0 Å². The van der Waals surface area contributed by atoms with Crippen molar-refractivity contribution in [3.8, 4) is 0 Å². The van der Waals surface area contributed by atoms with Crippen LogP contribution < -0.4 is 10.4 Å². The molecular weight excluding hydrogens is 320 g/mol. The van der Waals surface area contributed by atoms with Crippen LogP contribution in [0.4, 0.5) is 5.69 Å². The van der Waals surface area contributed by atoms with E-state index in [0.29, 0.717) is 16.8 Å². The third kappa shape index (κ3) is 3.28. The summed E-state index contributed by atoms with van der Waals surface area (Å²) in [5.74, 6) is -1.34. The summed E-state index contributed by atoms with van der Waals surface area (Å²) in [6.45, 7) is 1.94. The number of nitrogens with one attached hydrogen (secondary N) is 1. The maximum atomic E-state index is 12.5. The molecule has 1 saturated heterocycles. The molecule has 3 rings (SSSR count). The number of esters is 1. The number of hydrazine groups is 1. The average Bonchev–Trinajstić information content (AvgIpc) is 2.90. The minimum atomic E-state index is -0.470. The van der Waals surface area contributed by atoms with Crippen molar-refractivity contribution in [1.82, 2.24) is 5.43 Å². The van der Waals surface area contributed by atoms with E-state index < -0.39 is 17.8 Å². The van der Waals surface area contributed by atoms with Gasteiger partial charge in [0.2, 0.25) is 0 Å². The Hall–Kier alpha value is -3.41. The van der Waals surface area contributed by atoms with Gasteiger partial charge >= 0.3 is 5.97 Å². The number of amides is 2. The average molecular weight is 336 g/mol. The Balaban J connectivity index is 1.85. The van der Waals surface area contributed by atoms with E-state index in [-0.39, 0.29) is 5.57 Å². The molecule has 1 fully saturated rings. The molecule has 25 heavy (non-hydrogen) atoms. The number of anilines is 1. The summed E-state index contributed by atoms with van der Waals surface area (Å²) < 4.78 is 4.64. The highest BCUT2D eigenvalue weighted by Crippen LogP contribution is 2.22. The first-order valence-corrected chi connectivity index (χ1v) is 7.62. The van der Waals surface area contributed by atoms with Crippen LogP contribution in [0.2, 0.25) is 0 Å². The number of hydrogen-bond acceptors (Lipinski definition) is 4. The predicted molar refractivity (Wildman–Crippen MR) is 92.6 cm³/mol. The van der Waals surface area contributed by atoms with Crippen molar-refractivity contribution in [3.63, 3.8) is 0 Å². The molecule has 1 aliphatic rings. The van der Waals surface area contributed by atoms with E-state index in [1.54, 1.807) is 36.4 Å². The van der Waals surface area contributed by atoms with Gasteiger partial charge < -0.3 is 4.74 Å². The second kappa shape index (κ2) is 6.60. The van der Waals surface area contributed by atoms with Crippen LogP contribution in [0.25, 0.3) is 6.08 Å². The van der Waals surface area contributed by atoms with Gasteiger partial charge in [-0.25, -0.2) is 9.80 Å². The molecule has 0 saturated carbocycles. The molecule has 0 atom stereocenters. The number of ether oxygens (including phenoxy) is 1. The lowest BCUT2D eigenvalue weighted by molar-refractivity contribution is -0.117. The number of benzene rings is 2. The van der Waals surface area contributed by atoms with Gasteiger partial charge in [0, 0.05) is 0 Å². The fourth-order valence-corrected chi connectivity index (χ4v) is 2.43. The summed E-state index contributed by atoms with van der Waals surface area (Å²) in [4.78, 5) is 36.1. The molecule has 0 aromatic heterocycles. The summed E-state index contributed by atoms with van der Waals surface area (Å²) in [5, 5.41) is 1.22. The second-order valence-electron chi connectivity index (χ2n) is 5.59. The van der Waals surface area contributed by atoms with Crippen molar-refractivity contribution < 1.29 is 19.1 Å². The third-order valence-corrected chi connectivity index (χ3v) is 3.83. The quantitative estimate of drug-likeness (QED) is 0.530. The first-order chi connectivity index (χ1) is 12.0. The summed E-state index contributed by atoms with van der Waals surface area (Å²) in [6, 6.07) is 13.7. The zero-order chi connectivity index (χ0) is 18.0. The molecule has 1 heterocycles. The standard InChI is InChI=1S/C19H16N2O4/c1-12-3-9-15(10-4-12)21-18(23)16(17(22)20-21)11-13-5-7-14(8-6-13)19(24)25-2/h3-11H,1-2H3,(H,20,22)/b16-11+. The number of nitrogens with zero attached hydrogens (tertiary/aromatic N) is 1. The van der Waals surface area contributed by atoms with Crippen LogP contribution in [0.15, 0.2) is 54.1 Å². The Morgan fingerprint density at radius 1 is 1.04 bits per heavy atom. The van der Waals surface area contributed by atoms with Gasteiger partial charge in [-0.15, -0.1) is 0 Å². The van der Waals surface area contributed by atoms with Gasteiger partial charge in [0.15, 0.2) is 0 Å². The minimum Gasteiger partial charge on any atom is -0.465 e. The van der Waals surface area contributed by atoms with Gasteiger partial charge in [-0.1, -0.05) is 29.8 Å². The number of methoxy groups -OCH3 is 1. The zero-order valence-electron chi connectivity index (χ0n) is 13.8. The van der Waals surface area contributed by atoms with Crippen LogP contribution in [0.3, 0.4) is 0 Å². The number of hydrogen-bond donors (Lipinski definition) is 1. The van der Waals surface area contributed by atoms with Gasteiger partial charge in [-0.05, 0) is 42.8 Å². The normalized spacial score (nSPS) is 15.4. The summed E-state index contributed by atoms with van der Waals surface area (Å²) in [5.41, 5.74) is 5.27. The summed E-state index contributed by atoms with van der Waals surface area (Å²) in [6.07, 6.45) is 1.49. The molecule has 1 N–H and O–H groups in total. The zero-order valence-corrected chi connectivity index (χ0v) is 13.8. The Kier molecular flexibility index (Phi) is 4.35. The molecule has 2 aromatic carbocycles. The lowest BCUT2D eigenvalue weighted by atomic mass is 10.1. The molecule has 0 aliphatic carbocycles. The van der Waals surface area contributed by atoms with Crippen LogP contribution in [0.1, 0.15) is 21.5 Å². The first kappa shape index (κ1) is 16.4. The van der Waals surface area contributed by atoms with Gasteiger partial charge in [0.25, 0.3) is 11.8 Å². The van der Waals surface area contributed by atoms with Crippen molar-refractivity contribution in [3.05, 3.63) is 70.8 Å². The van der Waals surface area contributed by atoms with Crippen molar-refractivity contribution >= 4 is 29.5 Å². The molecule has 2 aromatic rings. The Labute approximate surface area is 144 Å². The largest absolute Gasteiger partial charge is 0.465 e. The molecule has 6 heteroatoms.